The van der Waals surface area contributed by atoms with Crippen molar-refractivity contribution in [2.24, 2.45) is 0 Å². The van der Waals surface area contributed by atoms with Gasteiger partial charge in [-0.25, -0.2) is 4.98 Å². The average molecular weight is 303 g/mol. The molecule has 0 spiro atoms. The van der Waals surface area contributed by atoms with Crippen LogP contribution in [0.25, 0.3) is 0 Å². The molecule has 0 saturated heterocycles. The Morgan fingerprint density at radius 1 is 1.24 bits per heavy atom. The van der Waals surface area contributed by atoms with E-state index < -0.39 is 0 Å². The topological polar surface area (TPSA) is 28.2 Å². The first-order valence-electron chi connectivity index (χ1n) is 7.55. The quantitative estimate of drug-likeness (QED) is 0.842. The van der Waals surface area contributed by atoms with E-state index in [2.05, 4.69) is 67.7 Å². The highest BCUT2D eigenvalue weighted by Gasteiger charge is 2.07. The van der Waals surface area contributed by atoms with Crippen molar-refractivity contribution >= 4 is 17.0 Å². The van der Waals surface area contributed by atoms with Crippen molar-refractivity contribution in [1.29, 1.82) is 0 Å². The van der Waals surface area contributed by atoms with Gasteiger partial charge >= 0.3 is 0 Å². The molecule has 1 aromatic heterocycles. The first kappa shape index (κ1) is 16.0. The predicted molar refractivity (Wildman–Crippen MR) is 92.0 cm³/mol. The SMILES string of the molecule is CCc1ccc(N(C)Cc2csc(CNC(C)C)n2)cc1. The van der Waals surface area contributed by atoms with Gasteiger partial charge in [0.25, 0.3) is 0 Å². The molecule has 21 heavy (non-hydrogen) atoms. The van der Waals surface area contributed by atoms with Crippen molar-refractivity contribution in [3.63, 3.8) is 0 Å². The first-order chi connectivity index (χ1) is 10.1. The second-order valence-corrected chi connectivity index (χ2v) is 6.59. The Kier molecular flexibility index (Phi) is 5.76. The fourth-order valence-electron chi connectivity index (χ4n) is 2.11. The van der Waals surface area contributed by atoms with Crippen molar-refractivity contribution in [1.82, 2.24) is 10.3 Å². The number of aromatic nitrogens is 1. The van der Waals surface area contributed by atoms with Crippen LogP contribution in [-0.4, -0.2) is 18.1 Å². The maximum atomic E-state index is 4.70. The lowest BCUT2D eigenvalue weighted by Crippen LogP contribution is -2.22. The number of nitrogens with one attached hydrogen (secondary N) is 1. The molecule has 1 heterocycles. The molecule has 1 N–H and O–H groups in total. The molecule has 4 heteroatoms. The Balaban J connectivity index is 1.93. The van der Waals surface area contributed by atoms with Gasteiger partial charge in [-0.15, -0.1) is 11.3 Å². The molecule has 0 atom stereocenters. The summed E-state index contributed by atoms with van der Waals surface area (Å²) in [7, 11) is 2.12. The van der Waals surface area contributed by atoms with Crippen LogP contribution in [0.15, 0.2) is 29.6 Å². The monoisotopic (exact) mass is 303 g/mol. The molecule has 0 radical (unpaired) electrons. The fourth-order valence-corrected chi connectivity index (χ4v) is 2.85. The minimum absolute atomic E-state index is 0.497. The second kappa shape index (κ2) is 7.57. The highest BCUT2D eigenvalue weighted by Crippen LogP contribution is 2.18. The van der Waals surface area contributed by atoms with Crippen LogP contribution in [0.2, 0.25) is 0 Å². The van der Waals surface area contributed by atoms with E-state index in [-0.39, 0.29) is 0 Å². The van der Waals surface area contributed by atoms with E-state index in [0.717, 1.165) is 30.2 Å². The van der Waals surface area contributed by atoms with E-state index in [1.165, 1.54) is 11.3 Å². The number of nitrogens with zero attached hydrogens (tertiary/aromatic N) is 2. The van der Waals surface area contributed by atoms with E-state index in [1.807, 2.05) is 0 Å². The molecule has 0 aliphatic rings. The zero-order chi connectivity index (χ0) is 15.2. The third-order valence-corrected chi connectivity index (χ3v) is 4.34. The number of rotatable bonds is 7. The summed E-state index contributed by atoms with van der Waals surface area (Å²) in [5.41, 5.74) is 3.76. The zero-order valence-corrected chi connectivity index (χ0v) is 14.2. The van der Waals surface area contributed by atoms with Crippen molar-refractivity contribution in [2.45, 2.75) is 46.3 Å². The van der Waals surface area contributed by atoms with Gasteiger partial charge in [0.05, 0.1) is 12.2 Å². The van der Waals surface area contributed by atoms with E-state index in [9.17, 15) is 0 Å². The second-order valence-electron chi connectivity index (χ2n) is 5.64. The third kappa shape index (κ3) is 4.83. The van der Waals surface area contributed by atoms with Crippen molar-refractivity contribution in [3.05, 3.63) is 45.9 Å². The van der Waals surface area contributed by atoms with Gasteiger partial charge in [0.2, 0.25) is 0 Å². The zero-order valence-electron chi connectivity index (χ0n) is 13.4. The lowest BCUT2D eigenvalue weighted by atomic mass is 10.1. The molecule has 0 aliphatic heterocycles. The summed E-state index contributed by atoms with van der Waals surface area (Å²) in [5, 5.41) is 6.73. The normalized spacial score (nSPS) is 11.1. The third-order valence-electron chi connectivity index (χ3n) is 3.45. The smallest absolute Gasteiger partial charge is 0.107 e. The molecule has 0 bridgehead atoms. The molecule has 1 aromatic carbocycles. The largest absolute Gasteiger partial charge is 0.369 e. The number of aryl methyl sites for hydroxylation is 1. The van der Waals surface area contributed by atoms with E-state index in [0.29, 0.717) is 6.04 Å². The van der Waals surface area contributed by atoms with Gasteiger partial charge in [-0.05, 0) is 24.1 Å². The number of hydrogen-bond donors (Lipinski definition) is 1. The Hall–Kier alpha value is -1.39. The highest BCUT2D eigenvalue weighted by atomic mass is 32.1. The van der Waals surface area contributed by atoms with Crippen molar-refractivity contribution < 1.29 is 0 Å². The Morgan fingerprint density at radius 3 is 2.57 bits per heavy atom. The Labute approximate surface area is 132 Å². The summed E-state index contributed by atoms with van der Waals surface area (Å²) in [6.07, 6.45) is 1.09. The summed E-state index contributed by atoms with van der Waals surface area (Å²) >= 11 is 1.73. The molecule has 0 unspecified atom stereocenters. The van der Waals surface area contributed by atoms with E-state index in [4.69, 9.17) is 4.98 Å². The lowest BCUT2D eigenvalue weighted by molar-refractivity contribution is 0.586. The average Bonchev–Trinajstić information content (AvgIpc) is 2.92. The van der Waals surface area contributed by atoms with Gasteiger partial charge < -0.3 is 10.2 Å². The van der Waals surface area contributed by atoms with E-state index in [1.54, 1.807) is 11.3 Å². The number of anilines is 1. The van der Waals surface area contributed by atoms with Gasteiger partial charge in [0, 0.05) is 30.7 Å². The standard InChI is InChI=1S/C17H25N3S/c1-5-14-6-8-16(9-7-14)20(4)11-15-12-21-17(19-15)10-18-13(2)3/h6-9,12-13,18H,5,10-11H2,1-4H3. The maximum absolute atomic E-state index is 4.70. The van der Waals surface area contributed by atoms with Gasteiger partial charge in [0.15, 0.2) is 0 Å². The van der Waals surface area contributed by atoms with Crippen LogP contribution in [0, 0.1) is 0 Å². The van der Waals surface area contributed by atoms with Crippen LogP contribution >= 0.6 is 11.3 Å². The highest BCUT2D eigenvalue weighted by molar-refractivity contribution is 7.09. The molecular weight excluding hydrogens is 278 g/mol. The van der Waals surface area contributed by atoms with Gasteiger partial charge in [-0.2, -0.15) is 0 Å². The molecule has 0 fully saturated rings. The Morgan fingerprint density at radius 2 is 1.95 bits per heavy atom. The van der Waals surface area contributed by atoms with Crippen LogP contribution in [0.4, 0.5) is 5.69 Å². The number of thiazole rings is 1. The lowest BCUT2D eigenvalue weighted by Gasteiger charge is -2.18. The van der Waals surface area contributed by atoms with Crippen LogP contribution in [0.3, 0.4) is 0 Å². The van der Waals surface area contributed by atoms with Gasteiger partial charge in [-0.3, -0.25) is 0 Å². The first-order valence-corrected chi connectivity index (χ1v) is 8.43. The van der Waals surface area contributed by atoms with Gasteiger partial charge in [-0.1, -0.05) is 32.9 Å². The summed E-state index contributed by atoms with van der Waals surface area (Å²) in [4.78, 5) is 6.94. The van der Waals surface area contributed by atoms with Crippen LogP contribution in [0.5, 0.6) is 0 Å². The molecule has 0 amide bonds. The minimum atomic E-state index is 0.497. The minimum Gasteiger partial charge on any atom is -0.369 e. The Bertz CT molecular complexity index is 545. The van der Waals surface area contributed by atoms with E-state index >= 15 is 0 Å². The van der Waals surface area contributed by atoms with Crippen LogP contribution in [0.1, 0.15) is 37.0 Å². The summed E-state index contributed by atoms with van der Waals surface area (Å²) in [6, 6.07) is 9.27. The fraction of sp³-hybridized carbons (Fsp3) is 0.471. The number of hydrogen-bond acceptors (Lipinski definition) is 4. The maximum Gasteiger partial charge on any atom is 0.107 e. The van der Waals surface area contributed by atoms with Crippen LogP contribution in [-0.2, 0) is 19.5 Å². The van der Waals surface area contributed by atoms with Gasteiger partial charge in [0.1, 0.15) is 5.01 Å². The molecule has 3 nitrogen and oxygen atoms in total. The summed E-state index contributed by atoms with van der Waals surface area (Å²) < 4.78 is 0. The number of benzene rings is 1. The molecule has 114 valence electrons. The molecule has 2 aromatic rings. The summed E-state index contributed by atoms with van der Waals surface area (Å²) in [5.74, 6) is 0. The molecule has 2 rings (SSSR count). The predicted octanol–water partition coefficient (Wildman–Crippen LogP) is 3.84. The summed E-state index contributed by atoms with van der Waals surface area (Å²) in [6.45, 7) is 8.20. The van der Waals surface area contributed by atoms with Crippen molar-refractivity contribution in [3.8, 4) is 0 Å². The molecule has 0 aliphatic carbocycles. The molecule has 0 saturated carbocycles. The van der Waals surface area contributed by atoms with Crippen LogP contribution < -0.4 is 10.2 Å². The van der Waals surface area contributed by atoms with Crippen molar-refractivity contribution in [2.75, 3.05) is 11.9 Å². The molecular formula is C17H25N3S.